The second kappa shape index (κ2) is 21.4. The number of nitrogens with zero attached hydrogens (tertiary/aromatic N) is 1. The highest BCUT2D eigenvalue weighted by atomic mass is 35.5. The summed E-state index contributed by atoms with van der Waals surface area (Å²) in [6, 6.07) is 27.9. The molecule has 15 nitrogen and oxygen atoms in total. The van der Waals surface area contributed by atoms with Crippen molar-refractivity contribution < 1.29 is 47.0 Å². The minimum Gasteiger partial charge on any atom is -0.497 e. The fraction of sp³-hybridized carbons (Fsp3) is 0.180. The van der Waals surface area contributed by atoms with Crippen LogP contribution < -0.4 is 41.4 Å². The van der Waals surface area contributed by atoms with E-state index in [-0.39, 0.29) is 53.5 Å². The van der Waals surface area contributed by atoms with Gasteiger partial charge in [-0.3, -0.25) is 28.8 Å². The molecule has 0 aliphatic carbocycles. The summed E-state index contributed by atoms with van der Waals surface area (Å²) in [5.41, 5.74) is 9.98. The molecule has 348 valence electrons. The molecule has 0 saturated heterocycles. The maximum atomic E-state index is 12.9. The van der Waals surface area contributed by atoms with Gasteiger partial charge >= 0.3 is 0 Å². The molecule has 6 aromatic rings. The number of aryl methyl sites for hydroxylation is 1. The van der Waals surface area contributed by atoms with Crippen molar-refractivity contribution in [2.75, 3.05) is 46.1 Å². The second-order valence-corrected chi connectivity index (χ2v) is 16.1. The van der Waals surface area contributed by atoms with Gasteiger partial charge in [-0.1, -0.05) is 41.9 Å². The van der Waals surface area contributed by atoms with Crippen LogP contribution in [0.2, 0.25) is 5.02 Å². The van der Waals surface area contributed by atoms with Crippen LogP contribution in [0, 0.1) is 18.6 Å². The van der Waals surface area contributed by atoms with Crippen molar-refractivity contribution in [3.63, 3.8) is 0 Å². The van der Waals surface area contributed by atoms with Crippen molar-refractivity contribution in [3.05, 3.63) is 159 Å². The number of rotatable bonds is 2. The van der Waals surface area contributed by atoms with Gasteiger partial charge in [-0.2, -0.15) is 0 Å². The van der Waals surface area contributed by atoms with Gasteiger partial charge in [-0.05, 0) is 95.4 Å². The Morgan fingerprint density at radius 1 is 0.485 bits per heavy atom. The molecule has 18 heteroatoms. The third-order valence-corrected chi connectivity index (χ3v) is 11.0. The molecule has 0 unspecified atom stereocenters. The van der Waals surface area contributed by atoms with Crippen molar-refractivity contribution in [1.29, 1.82) is 0 Å². The first-order chi connectivity index (χ1) is 32.7. The van der Waals surface area contributed by atoms with Crippen LogP contribution in [0.5, 0.6) is 11.5 Å². The van der Waals surface area contributed by atoms with E-state index in [9.17, 15) is 37.5 Å². The SMILES string of the molecule is COc1ccc2c(c1)CC(=O)N2.COc1ccc2c(c1)NC(=O)C2.Cc1cc(Cl)cc2c1NC(=O)C2.O=C1Cc2c(F)cccc2N1.O=C1Cc2cccc(F)c2N1.O=C1Cc2cccnc2N1. The molecule has 6 aliphatic heterocycles. The van der Waals surface area contributed by atoms with Crippen LogP contribution in [0.4, 0.5) is 43.0 Å². The van der Waals surface area contributed by atoms with Gasteiger partial charge in [0.2, 0.25) is 35.4 Å². The molecular formula is C50H44ClF2N7O8. The van der Waals surface area contributed by atoms with Crippen molar-refractivity contribution in [2.45, 2.75) is 45.4 Å². The van der Waals surface area contributed by atoms with Crippen LogP contribution in [-0.4, -0.2) is 54.6 Å². The molecule has 0 saturated carbocycles. The van der Waals surface area contributed by atoms with E-state index < -0.39 is 0 Å². The molecule has 7 heterocycles. The number of hydrogen-bond acceptors (Lipinski definition) is 9. The number of benzene rings is 5. The highest BCUT2D eigenvalue weighted by Gasteiger charge is 2.23. The first-order valence-corrected chi connectivity index (χ1v) is 21.4. The monoisotopic (exact) mass is 943 g/mol. The van der Waals surface area contributed by atoms with Crippen LogP contribution in [0.25, 0.3) is 0 Å². The van der Waals surface area contributed by atoms with Crippen LogP contribution in [0.3, 0.4) is 0 Å². The summed E-state index contributed by atoms with van der Waals surface area (Å²) in [6.07, 6.45) is 4.02. The number of pyridine rings is 1. The summed E-state index contributed by atoms with van der Waals surface area (Å²) in [7, 11) is 3.23. The lowest BCUT2D eigenvalue weighted by Gasteiger charge is -2.02. The minimum atomic E-state index is -0.353. The number of ether oxygens (including phenoxy) is 2. The Morgan fingerprint density at radius 3 is 1.76 bits per heavy atom. The number of methoxy groups -OCH3 is 2. The van der Waals surface area contributed by atoms with Gasteiger partial charge in [0.25, 0.3) is 0 Å². The molecule has 0 radical (unpaired) electrons. The number of fused-ring (bicyclic) bond motifs is 6. The Labute approximate surface area is 394 Å². The number of para-hydroxylation sites is 1. The average molecular weight is 944 g/mol. The highest BCUT2D eigenvalue weighted by molar-refractivity contribution is 6.31. The van der Waals surface area contributed by atoms with Gasteiger partial charge in [0.15, 0.2) is 0 Å². The van der Waals surface area contributed by atoms with Gasteiger partial charge in [-0.25, -0.2) is 13.8 Å². The fourth-order valence-electron chi connectivity index (χ4n) is 7.61. The molecule has 5 aromatic carbocycles. The Hall–Kier alpha value is -8.18. The van der Waals surface area contributed by atoms with Crippen LogP contribution >= 0.6 is 11.6 Å². The molecule has 0 atom stereocenters. The van der Waals surface area contributed by atoms with Crippen LogP contribution in [0.15, 0.2) is 103 Å². The standard InChI is InChI=1S/C9H8ClNO.2C9H9NO2.2C8H6FNO.C7H6N2O/c1-5-2-7(10)3-6-4-8(12)11-9(5)6;1-12-7-2-3-8-6(4-7)5-9(11)10-8;1-12-7-3-2-6-4-9(11)10-8(6)5-7;9-6-2-1-3-7-5(6)4-8(11)10-7;9-6-3-1-2-5-4-7(11)10-8(5)6;10-6-4-5-2-1-3-8-7(5)9-6/h2-3H,4H2,1H3,(H,11,12);2-4H,5H2,1H3,(H,10,11);2-3,5H,4H2,1H3,(H,10,11);2*1-3H,4H2,(H,10,11);1-3H,4H2,(H,8,9,10). The summed E-state index contributed by atoms with van der Waals surface area (Å²) in [6.45, 7) is 1.94. The molecule has 6 aliphatic rings. The Bertz CT molecular complexity index is 2830. The molecule has 6 N–H and O–H groups in total. The number of anilines is 6. The van der Waals surface area contributed by atoms with Gasteiger partial charge in [0.05, 0.1) is 58.4 Å². The molecule has 0 spiro atoms. The fourth-order valence-corrected chi connectivity index (χ4v) is 7.90. The molecule has 1 aromatic heterocycles. The number of aromatic nitrogens is 1. The van der Waals surface area contributed by atoms with E-state index in [2.05, 4.69) is 36.9 Å². The van der Waals surface area contributed by atoms with E-state index in [1.807, 2.05) is 67.6 Å². The first-order valence-electron chi connectivity index (χ1n) is 21.1. The number of halogens is 3. The summed E-state index contributed by atoms with van der Waals surface area (Å²) >= 11 is 5.84. The average Bonchev–Trinajstić information content (AvgIpc) is 4.17. The van der Waals surface area contributed by atoms with Gasteiger partial charge in [0, 0.05) is 51.2 Å². The number of amides is 6. The van der Waals surface area contributed by atoms with E-state index in [1.54, 1.807) is 44.7 Å². The molecular weight excluding hydrogens is 900 g/mol. The number of hydrogen-bond donors (Lipinski definition) is 6. The Kier molecular flexibility index (Phi) is 15.0. The van der Waals surface area contributed by atoms with E-state index >= 15 is 0 Å². The first kappa shape index (κ1) is 47.8. The van der Waals surface area contributed by atoms with Gasteiger partial charge in [0.1, 0.15) is 29.0 Å². The number of nitrogens with one attached hydrogen (secondary N) is 6. The van der Waals surface area contributed by atoms with E-state index in [0.717, 1.165) is 61.9 Å². The van der Waals surface area contributed by atoms with E-state index in [0.29, 0.717) is 59.9 Å². The summed E-state index contributed by atoms with van der Waals surface area (Å²) in [4.78, 5) is 69.2. The van der Waals surface area contributed by atoms with E-state index in [1.165, 1.54) is 12.1 Å². The zero-order valence-electron chi connectivity index (χ0n) is 36.9. The molecule has 6 amide bonds. The number of carbonyl (C=O) groups is 6. The molecule has 12 rings (SSSR count). The lowest BCUT2D eigenvalue weighted by atomic mass is 10.1. The third-order valence-electron chi connectivity index (χ3n) is 10.8. The zero-order chi connectivity index (χ0) is 48.5. The Morgan fingerprint density at radius 2 is 1.04 bits per heavy atom. The molecule has 0 bridgehead atoms. The number of carbonyl (C=O) groups excluding carboxylic acids is 6. The Balaban J connectivity index is 0.000000121. The minimum absolute atomic E-state index is 0.0358. The summed E-state index contributed by atoms with van der Waals surface area (Å²) in [5, 5.41) is 16.7. The predicted octanol–water partition coefficient (Wildman–Crippen LogP) is 7.74. The molecule has 0 fully saturated rings. The second-order valence-electron chi connectivity index (χ2n) is 15.7. The quantitative estimate of drug-likeness (QED) is 0.100. The van der Waals surface area contributed by atoms with Crippen molar-refractivity contribution in [3.8, 4) is 11.5 Å². The van der Waals surface area contributed by atoms with E-state index in [4.69, 9.17) is 21.1 Å². The van der Waals surface area contributed by atoms with Crippen molar-refractivity contribution in [1.82, 2.24) is 4.98 Å². The van der Waals surface area contributed by atoms with Gasteiger partial charge < -0.3 is 41.4 Å². The predicted molar refractivity (Wildman–Crippen MR) is 253 cm³/mol. The normalized spacial score (nSPS) is 14.3. The van der Waals surface area contributed by atoms with Crippen LogP contribution in [0.1, 0.15) is 38.9 Å². The van der Waals surface area contributed by atoms with Crippen LogP contribution in [-0.2, 0) is 67.3 Å². The highest BCUT2D eigenvalue weighted by Crippen LogP contribution is 2.31. The lowest BCUT2D eigenvalue weighted by molar-refractivity contribution is -0.115. The third kappa shape index (κ3) is 12.0. The topological polar surface area (TPSA) is 206 Å². The smallest absolute Gasteiger partial charge is 0.230 e. The maximum absolute atomic E-state index is 12.9. The van der Waals surface area contributed by atoms with Crippen molar-refractivity contribution in [2.24, 2.45) is 0 Å². The lowest BCUT2D eigenvalue weighted by Crippen LogP contribution is -2.04. The maximum Gasteiger partial charge on any atom is 0.230 e. The van der Waals surface area contributed by atoms with Gasteiger partial charge in [-0.15, -0.1) is 0 Å². The van der Waals surface area contributed by atoms with Crippen molar-refractivity contribution >= 4 is 81.3 Å². The molecule has 68 heavy (non-hydrogen) atoms. The zero-order valence-corrected chi connectivity index (χ0v) is 37.7. The summed E-state index contributed by atoms with van der Waals surface area (Å²) < 4.78 is 35.8. The largest absolute Gasteiger partial charge is 0.497 e. The summed E-state index contributed by atoms with van der Waals surface area (Å²) in [5.74, 6) is 1.55.